The van der Waals surface area contributed by atoms with Crippen molar-refractivity contribution in [1.82, 2.24) is 19.5 Å². The third kappa shape index (κ3) is 3.53. The molecule has 25 heavy (non-hydrogen) atoms. The van der Waals surface area contributed by atoms with Crippen LogP contribution in [0.25, 0.3) is 17.2 Å². The molecule has 3 heterocycles. The van der Waals surface area contributed by atoms with Gasteiger partial charge in [0, 0.05) is 18.7 Å². The van der Waals surface area contributed by atoms with Crippen LogP contribution < -0.4 is 5.73 Å². The Balaban J connectivity index is 1.99. The fraction of sp³-hybridized carbons (Fsp3) is 0.353. The smallest absolute Gasteiger partial charge is 0.254 e. The molecule has 3 rings (SSSR count). The molecule has 0 fully saturated rings. The van der Waals surface area contributed by atoms with Crippen LogP contribution in [0.2, 0.25) is 0 Å². The first-order chi connectivity index (χ1) is 12.0. The van der Waals surface area contributed by atoms with E-state index in [4.69, 9.17) is 10.2 Å². The molecule has 7 nitrogen and oxygen atoms in total. The maximum Gasteiger partial charge on any atom is 0.254 e. The molecule has 0 aromatic carbocycles. The van der Waals surface area contributed by atoms with Gasteiger partial charge < -0.3 is 15.1 Å². The number of fused-ring (bicyclic) bond motifs is 1. The molecular formula is C17H20BrN5O2. The quantitative estimate of drug-likeness (QED) is 0.676. The monoisotopic (exact) mass is 405 g/mol. The third-order valence-corrected chi connectivity index (χ3v) is 4.21. The lowest BCUT2D eigenvalue weighted by Gasteiger charge is -2.21. The predicted octanol–water partition coefficient (Wildman–Crippen LogP) is 3.60. The van der Waals surface area contributed by atoms with Crippen LogP contribution in [0.4, 0.5) is 5.82 Å². The van der Waals surface area contributed by atoms with E-state index >= 15 is 0 Å². The van der Waals surface area contributed by atoms with Gasteiger partial charge in [-0.05, 0) is 53.0 Å². The average molecular weight is 406 g/mol. The zero-order valence-electron chi connectivity index (χ0n) is 14.2. The van der Waals surface area contributed by atoms with Gasteiger partial charge in [0.2, 0.25) is 5.82 Å². The van der Waals surface area contributed by atoms with Gasteiger partial charge in [-0.1, -0.05) is 13.8 Å². The number of carbonyl (C=O) groups excluding carboxylic acids is 1. The maximum atomic E-state index is 12.8. The highest BCUT2D eigenvalue weighted by molar-refractivity contribution is 9.10. The van der Waals surface area contributed by atoms with Crippen LogP contribution in [0, 0.1) is 0 Å². The maximum absolute atomic E-state index is 12.8. The summed E-state index contributed by atoms with van der Waals surface area (Å²) >= 11 is 3.26. The summed E-state index contributed by atoms with van der Waals surface area (Å²) in [4.78, 5) is 19.1. The van der Waals surface area contributed by atoms with Crippen molar-refractivity contribution in [3.05, 3.63) is 34.5 Å². The van der Waals surface area contributed by atoms with Gasteiger partial charge in [-0.2, -0.15) is 4.52 Å². The van der Waals surface area contributed by atoms with Gasteiger partial charge in [-0.3, -0.25) is 4.79 Å². The molecule has 132 valence electrons. The fourth-order valence-corrected chi connectivity index (χ4v) is 3.01. The van der Waals surface area contributed by atoms with Crippen LogP contribution in [0.5, 0.6) is 0 Å². The normalized spacial score (nSPS) is 11.2. The SMILES string of the molecule is CCCN(CCC)C(=O)c1cc(N)n2nc(-c3ccc(Br)o3)nc2c1. The van der Waals surface area contributed by atoms with E-state index in [0.29, 0.717) is 33.3 Å². The first-order valence-corrected chi connectivity index (χ1v) is 9.04. The predicted molar refractivity (Wildman–Crippen MR) is 99.3 cm³/mol. The number of nitrogens with zero attached hydrogens (tertiary/aromatic N) is 4. The number of amides is 1. The summed E-state index contributed by atoms with van der Waals surface area (Å²) in [5, 5.41) is 4.35. The molecule has 0 atom stereocenters. The molecule has 2 N–H and O–H groups in total. The van der Waals surface area contributed by atoms with Gasteiger partial charge in [-0.25, -0.2) is 4.98 Å². The molecule has 0 aliphatic heterocycles. The number of nitrogen functional groups attached to an aromatic ring is 1. The Kier molecular flexibility index (Phi) is 5.08. The Hall–Kier alpha value is -2.35. The van der Waals surface area contributed by atoms with Crippen molar-refractivity contribution in [3.63, 3.8) is 0 Å². The van der Waals surface area contributed by atoms with Gasteiger partial charge >= 0.3 is 0 Å². The van der Waals surface area contributed by atoms with Gasteiger partial charge in [0.25, 0.3) is 5.91 Å². The number of rotatable bonds is 6. The van der Waals surface area contributed by atoms with Crippen LogP contribution in [0.3, 0.4) is 0 Å². The first kappa shape index (κ1) is 17.5. The molecule has 0 saturated heterocycles. The van der Waals surface area contributed by atoms with Crippen LogP contribution in [0.15, 0.2) is 33.4 Å². The summed E-state index contributed by atoms with van der Waals surface area (Å²) in [5.74, 6) is 1.27. The zero-order chi connectivity index (χ0) is 18.0. The molecule has 3 aromatic rings. The van der Waals surface area contributed by atoms with E-state index in [1.807, 2.05) is 4.90 Å². The second-order valence-electron chi connectivity index (χ2n) is 5.77. The highest BCUT2D eigenvalue weighted by Gasteiger charge is 2.18. The Morgan fingerprint density at radius 3 is 2.60 bits per heavy atom. The van der Waals surface area contributed by atoms with Gasteiger partial charge in [0.1, 0.15) is 5.82 Å². The first-order valence-electron chi connectivity index (χ1n) is 8.24. The minimum Gasteiger partial charge on any atom is -0.446 e. The van der Waals surface area contributed by atoms with E-state index < -0.39 is 0 Å². The lowest BCUT2D eigenvalue weighted by atomic mass is 10.2. The molecule has 0 spiro atoms. The molecule has 1 amide bonds. The summed E-state index contributed by atoms with van der Waals surface area (Å²) in [5.41, 5.74) is 7.12. The highest BCUT2D eigenvalue weighted by Crippen LogP contribution is 2.24. The number of nitrogens with two attached hydrogens (primary N) is 1. The number of aromatic nitrogens is 3. The summed E-state index contributed by atoms with van der Waals surface area (Å²) in [7, 11) is 0. The number of halogens is 1. The van der Waals surface area contributed by atoms with Crippen LogP contribution >= 0.6 is 15.9 Å². The molecule has 0 saturated carbocycles. The lowest BCUT2D eigenvalue weighted by Crippen LogP contribution is -2.32. The number of furan rings is 1. The van der Waals surface area contributed by atoms with Crippen molar-refractivity contribution >= 4 is 33.3 Å². The highest BCUT2D eigenvalue weighted by atomic mass is 79.9. The zero-order valence-corrected chi connectivity index (χ0v) is 15.8. The van der Waals surface area contributed by atoms with E-state index in [1.54, 1.807) is 24.3 Å². The molecular weight excluding hydrogens is 386 g/mol. The topological polar surface area (TPSA) is 89.7 Å². The second kappa shape index (κ2) is 7.26. The van der Waals surface area contributed by atoms with E-state index in [1.165, 1.54) is 4.52 Å². The minimum atomic E-state index is -0.0387. The van der Waals surface area contributed by atoms with Crippen molar-refractivity contribution < 1.29 is 9.21 Å². The van der Waals surface area contributed by atoms with Gasteiger partial charge in [-0.15, -0.1) is 5.10 Å². The number of anilines is 1. The van der Waals surface area contributed by atoms with Gasteiger partial charge in [0.05, 0.1) is 0 Å². The van der Waals surface area contributed by atoms with Crippen LogP contribution in [0.1, 0.15) is 37.0 Å². The minimum absolute atomic E-state index is 0.0387. The lowest BCUT2D eigenvalue weighted by molar-refractivity contribution is 0.0755. The number of hydrogen-bond acceptors (Lipinski definition) is 5. The second-order valence-corrected chi connectivity index (χ2v) is 6.55. The van der Waals surface area contributed by atoms with E-state index in [0.717, 1.165) is 25.9 Å². The molecule has 0 radical (unpaired) electrons. The summed E-state index contributed by atoms with van der Waals surface area (Å²) < 4.78 is 7.58. The largest absolute Gasteiger partial charge is 0.446 e. The van der Waals surface area contributed by atoms with Crippen molar-refractivity contribution in [2.45, 2.75) is 26.7 Å². The Morgan fingerprint density at radius 2 is 2.00 bits per heavy atom. The molecule has 3 aromatic heterocycles. The summed E-state index contributed by atoms with van der Waals surface area (Å²) in [6.45, 7) is 5.55. The molecule has 0 aliphatic rings. The molecule has 8 heteroatoms. The van der Waals surface area contributed by atoms with Gasteiger partial charge in [0.15, 0.2) is 16.1 Å². The number of carbonyl (C=O) groups is 1. The van der Waals surface area contributed by atoms with E-state index in [-0.39, 0.29) is 5.91 Å². The summed E-state index contributed by atoms with van der Waals surface area (Å²) in [6, 6.07) is 6.90. The van der Waals surface area contributed by atoms with E-state index in [9.17, 15) is 4.79 Å². The number of pyridine rings is 1. The van der Waals surface area contributed by atoms with Crippen LogP contribution in [-0.4, -0.2) is 38.5 Å². The van der Waals surface area contributed by atoms with Crippen molar-refractivity contribution in [2.24, 2.45) is 0 Å². The molecule has 0 bridgehead atoms. The third-order valence-electron chi connectivity index (χ3n) is 3.78. The average Bonchev–Trinajstić information content (AvgIpc) is 3.20. The molecule has 0 unspecified atom stereocenters. The van der Waals surface area contributed by atoms with Crippen molar-refractivity contribution in [3.8, 4) is 11.6 Å². The van der Waals surface area contributed by atoms with E-state index in [2.05, 4.69) is 39.9 Å². The fourth-order valence-electron chi connectivity index (χ4n) is 2.71. The summed E-state index contributed by atoms with van der Waals surface area (Å²) in [6.07, 6.45) is 1.82. The molecule has 0 aliphatic carbocycles. The standard InChI is InChI=1S/C17H20BrN5O2/c1-3-7-22(8-4-2)17(24)11-9-14(19)23-15(10-11)20-16(21-23)12-5-6-13(18)25-12/h5-6,9-10H,3-4,7-8,19H2,1-2H3. The Labute approximate surface area is 153 Å². The van der Waals surface area contributed by atoms with Crippen molar-refractivity contribution in [2.75, 3.05) is 18.8 Å². The Bertz CT molecular complexity index is 896. The Morgan fingerprint density at radius 1 is 1.28 bits per heavy atom. The number of hydrogen-bond donors (Lipinski definition) is 1. The van der Waals surface area contributed by atoms with Crippen LogP contribution in [-0.2, 0) is 0 Å². The van der Waals surface area contributed by atoms with Crippen molar-refractivity contribution in [1.29, 1.82) is 0 Å².